The number of nitrogens with zero attached hydrogens (tertiary/aromatic N) is 1. The van der Waals surface area contributed by atoms with Crippen LogP contribution in [0.1, 0.15) is 16.1 Å². The van der Waals surface area contributed by atoms with E-state index < -0.39 is 0 Å². The number of rotatable bonds is 2. The number of ketones is 1. The second-order valence-corrected chi connectivity index (χ2v) is 4.19. The summed E-state index contributed by atoms with van der Waals surface area (Å²) in [5.74, 6) is -0.0506. The van der Waals surface area contributed by atoms with Crippen LogP contribution in [0.25, 0.3) is 10.9 Å². The summed E-state index contributed by atoms with van der Waals surface area (Å²) in [5.41, 5.74) is 7.89. The standard InChI is InChI=1S/C12H13ClN2O/c1-7-11(10(16)6-14)8-4-3-5-9(13)12(8)15(7)2/h3-5H,6,14H2,1-2H3. The molecule has 2 rings (SSSR count). The molecule has 3 nitrogen and oxygen atoms in total. The van der Waals surface area contributed by atoms with Crippen molar-refractivity contribution in [1.82, 2.24) is 4.57 Å². The van der Waals surface area contributed by atoms with E-state index in [9.17, 15) is 4.79 Å². The van der Waals surface area contributed by atoms with Crippen LogP contribution in [0, 0.1) is 6.92 Å². The van der Waals surface area contributed by atoms with Crippen molar-refractivity contribution < 1.29 is 4.79 Å². The number of aryl methyl sites for hydroxylation is 1. The molecule has 0 saturated carbocycles. The predicted octanol–water partition coefficient (Wildman–Crippen LogP) is 2.28. The number of halogens is 1. The highest BCUT2D eigenvalue weighted by atomic mass is 35.5. The van der Waals surface area contributed by atoms with Gasteiger partial charge in [0.15, 0.2) is 5.78 Å². The fraction of sp³-hybridized carbons (Fsp3) is 0.250. The zero-order chi connectivity index (χ0) is 11.9. The maximum absolute atomic E-state index is 11.8. The van der Waals surface area contributed by atoms with E-state index in [2.05, 4.69) is 0 Å². The van der Waals surface area contributed by atoms with Crippen LogP contribution in [0.4, 0.5) is 0 Å². The molecule has 0 radical (unpaired) electrons. The van der Waals surface area contributed by atoms with Gasteiger partial charge >= 0.3 is 0 Å². The molecular formula is C12H13ClN2O. The first kappa shape index (κ1) is 11.2. The number of Topliss-reactive ketones (excluding diaryl/α,β-unsaturated/α-hetero) is 1. The van der Waals surface area contributed by atoms with Crippen LogP contribution in [-0.4, -0.2) is 16.9 Å². The number of fused-ring (bicyclic) bond motifs is 1. The van der Waals surface area contributed by atoms with E-state index in [1.54, 1.807) is 0 Å². The average molecular weight is 237 g/mol. The normalized spacial score (nSPS) is 11.0. The van der Waals surface area contributed by atoms with Crippen LogP contribution in [0.15, 0.2) is 18.2 Å². The highest BCUT2D eigenvalue weighted by Crippen LogP contribution is 2.30. The van der Waals surface area contributed by atoms with Gasteiger partial charge in [0.2, 0.25) is 0 Å². The Morgan fingerprint density at radius 3 is 2.81 bits per heavy atom. The topological polar surface area (TPSA) is 48.0 Å². The van der Waals surface area contributed by atoms with Crippen molar-refractivity contribution in [3.63, 3.8) is 0 Å². The minimum absolute atomic E-state index is 0.0203. The molecule has 0 atom stereocenters. The lowest BCUT2D eigenvalue weighted by molar-refractivity contribution is 0.100. The molecular weight excluding hydrogens is 224 g/mol. The maximum atomic E-state index is 11.8. The number of hydrogen-bond acceptors (Lipinski definition) is 2. The highest BCUT2D eigenvalue weighted by molar-refractivity contribution is 6.35. The van der Waals surface area contributed by atoms with E-state index in [1.807, 2.05) is 36.7 Å². The van der Waals surface area contributed by atoms with Crippen molar-refractivity contribution in [2.75, 3.05) is 6.54 Å². The third-order valence-electron chi connectivity index (χ3n) is 2.92. The molecule has 1 aromatic heterocycles. The highest BCUT2D eigenvalue weighted by Gasteiger charge is 2.18. The molecule has 1 aromatic carbocycles. The summed E-state index contributed by atoms with van der Waals surface area (Å²) in [6.07, 6.45) is 0. The summed E-state index contributed by atoms with van der Waals surface area (Å²) in [5, 5.41) is 1.53. The average Bonchev–Trinajstić information content (AvgIpc) is 2.52. The summed E-state index contributed by atoms with van der Waals surface area (Å²) < 4.78 is 1.93. The SMILES string of the molecule is Cc1c(C(=O)CN)c2cccc(Cl)c2n1C. The van der Waals surface area contributed by atoms with Gasteiger partial charge in [-0.25, -0.2) is 0 Å². The summed E-state index contributed by atoms with van der Waals surface area (Å²) in [4.78, 5) is 11.8. The maximum Gasteiger partial charge on any atom is 0.178 e. The van der Waals surface area contributed by atoms with Crippen molar-refractivity contribution in [2.24, 2.45) is 12.8 Å². The zero-order valence-electron chi connectivity index (χ0n) is 9.25. The zero-order valence-corrected chi connectivity index (χ0v) is 10.0. The molecule has 0 aliphatic carbocycles. The molecule has 0 unspecified atom stereocenters. The first-order valence-corrected chi connectivity index (χ1v) is 5.42. The Kier molecular flexibility index (Phi) is 2.74. The lowest BCUT2D eigenvalue weighted by atomic mass is 10.1. The molecule has 0 bridgehead atoms. The molecule has 0 fully saturated rings. The van der Waals surface area contributed by atoms with Crippen LogP contribution in [0.2, 0.25) is 5.02 Å². The Hall–Kier alpha value is -1.32. The molecule has 0 aliphatic heterocycles. The molecule has 0 aliphatic rings. The van der Waals surface area contributed by atoms with Gasteiger partial charge in [0.1, 0.15) is 0 Å². The van der Waals surface area contributed by atoms with E-state index in [0.717, 1.165) is 16.6 Å². The van der Waals surface area contributed by atoms with E-state index in [1.165, 1.54) is 0 Å². The third kappa shape index (κ3) is 1.44. The number of aromatic nitrogens is 1. The molecule has 2 N–H and O–H groups in total. The summed E-state index contributed by atoms with van der Waals surface area (Å²) in [7, 11) is 1.90. The van der Waals surface area contributed by atoms with Gasteiger partial charge in [-0.3, -0.25) is 4.79 Å². The van der Waals surface area contributed by atoms with Gasteiger partial charge < -0.3 is 10.3 Å². The van der Waals surface area contributed by atoms with Crippen LogP contribution in [-0.2, 0) is 7.05 Å². The summed E-state index contributed by atoms with van der Waals surface area (Å²) in [6.45, 7) is 1.92. The molecule has 2 aromatic rings. The molecule has 84 valence electrons. The van der Waals surface area contributed by atoms with Crippen molar-refractivity contribution in [3.05, 3.63) is 34.5 Å². The molecule has 0 amide bonds. The monoisotopic (exact) mass is 236 g/mol. The van der Waals surface area contributed by atoms with Gasteiger partial charge in [0, 0.05) is 23.7 Å². The Bertz CT molecular complexity index is 572. The van der Waals surface area contributed by atoms with E-state index >= 15 is 0 Å². The summed E-state index contributed by atoms with van der Waals surface area (Å²) in [6, 6.07) is 5.56. The lowest BCUT2D eigenvalue weighted by Gasteiger charge is -2.00. The third-order valence-corrected chi connectivity index (χ3v) is 3.23. The molecule has 0 spiro atoms. The van der Waals surface area contributed by atoms with Crippen molar-refractivity contribution in [3.8, 4) is 0 Å². The molecule has 4 heteroatoms. The number of hydrogen-bond donors (Lipinski definition) is 1. The molecule has 1 heterocycles. The second-order valence-electron chi connectivity index (χ2n) is 3.78. The minimum Gasteiger partial charge on any atom is -0.346 e. The van der Waals surface area contributed by atoms with E-state index in [4.69, 9.17) is 17.3 Å². The number of para-hydroxylation sites is 1. The van der Waals surface area contributed by atoms with Gasteiger partial charge in [-0.15, -0.1) is 0 Å². The Morgan fingerprint density at radius 1 is 1.50 bits per heavy atom. The molecule has 16 heavy (non-hydrogen) atoms. The molecule has 0 saturated heterocycles. The first-order chi connectivity index (χ1) is 7.57. The van der Waals surface area contributed by atoms with Crippen molar-refractivity contribution in [2.45, 2.75) is 6.92 Å². The largest absolute Gasteiger partial charge is 0.346 e. The number of nitrogens with two attached hydrogens (primary N) is 1. The summed E-state index contributed by atoms with van der Waals surface area (Å²) >= 11 is 6.13. The van der Waals surface area contributed by atoms with Gasteiger partial charge in [0.25, 0.3) is 0 Å². The number of benzene rings is 1. The van der Waals surface area contributed by atoms with Gasteiger partial charge in [-0.1, -0.05) is 23.7 Å². The second kappa shape index (κ2) is 3.92. The quantitative estimate of drug-likeness (QED) is 0.814. The van der Waals surface area contributed by atoms with Crippen LogP contribution in [0.3, 0.4) is 0 Å². The fourth-order valence-corrected chi connectivity index (χ4v) is 2.34. The number of carbonyl (C=O) groups is 1. The van der Waals surface area contributed by atoms with Gasteiger partial charge in [0.05, 0.1) is 17.1 Å². The first-order valence-electron chi connectivity index (χ1n) is 5.04. The van der Waals surface area contributed by atoms with E-state index in [-0.39, 0.29) is 12.3 Å². The van der Waals surface area contributed by atoms with Gasteiger partial charge in [-0.05, 0) is 13.0 Å². The Morgan fingerprint density at radius 2 is 2.19 bits per heavy atom. The van der Waals surface area contributed by atoms with Crippen LogP contribution in [0.5, 0.6) is 0 Å². The minimum atomic E-state index is -0.0506. The Balaban J connectivity index is 2.90. The van der Waals surface area contributed by atoms with Crippen LogP contribution >= 0.6 is 11.6 Å². The predicted molar refractivity (Wildman–Crippen MR) is 66.1 cm³/mol. The van der Waals surface area contributed by atoms with Crippen molar-refractivity contribution >= 4 is 28.3 Å². The fourth-order valence-electron chi connectivity index (χ4n) is 2.04. The lowest BCUT2D eigenvalue weighted by Crippen LogP contribution is -2.14. The van der Waals surface area contributed by atoms with Crippen molar-refractivity contribution in [1.29, 1.82) is 0 Å². The van der Waals surface area contributed by atoms with E-state index in [0.29, 0.717) is 10.6 Å². The number of carbonyl (C=O) groups excluding carboxylic acids is 1. The smallest absolute Gasteiger partial charge is 0.178 e. The van der Waals surface area contributed by atoms with Gasteiger partial charge in [-0.2, -0.15) is 0 Å². The van der Waals surface area contributed by atoms with Crippen LogP contribution < -0.4 is 5.73 Å². The Labute approximate surface area is 98.8 Å².